The maximum absolute atomic E-state index is 10.6. The third kappa shape index (κ3) is 14.3. The normalized spacial score (nSPS) is 9.62. The molecule has 4 heteroatoms. The number of alkyl halides is 1. The Hall–Kier alpha value is -0.540. The Morgan fingerprint density at radius 3 is 2.23 bits per heavy atom. The molecule has 0 aromatic rings. The molecule has 0 spiro atoms. The number of carbonyl (C=O) groups excluding carboxylic acids is 1. The van der Waals surface area contributed by atoms with Gasteiger partial charge in [0.05, 0.1) is 21.1 Å². The Bertz CT molecular complexity index is 152. The van der Waals surface area contributed by atoms with Crippen LogP contribution in [-0.2, 0) is 9.53 Å². The minimum atomic E-state index is -0.349. The zero-order valence-electron chi connectivity index (χ0n) is 8.84. The van der Waals surface area contributed by atoms with E-state index in [0.29, 0.717) is 6.61 Å². The van der Waals surface area contributed by atoms with E-state index in [2.05, 4.69) is 18.2 Å². The molecule has 0 heterocycles. The van der Waals surface area contributed by atoms with Crippen molar-refractivity contribution in [2.45, 2.75) is 0 Å². The van der Waals surface area contributed by atoms with E-state index in [9.17, 15) is 4.79 Å². The fourth-order valence-corrected chi connectivity index (χ4v) is 0.479. The van der Waals surface area contributed by atoms with Gasteiger partial charge in [-0.25, -0.2) is 4.79 Å². The molecule has 78 valence electrons. The van der Waals surface area contributed by atoms with Gasteiger partial charge < -0.3 is 9.22 Å². The summed E-state index contributed by atoms with van der Waals surface area (Å²) in [5, 5.41) is 0. The zero-order chi connectivity index (χ0) is 10.9. The Morgan fingerprint density at radius 2 is 1.92 bits per heavy atom. The van der Waals surface area contributed by atoms with Gasteiger partial charge in [-0.2, -0.15) is 0 Å². The van der Waals surface area contributed by atoms with E-state index in [-0.39, 0.29) is 5.97 Å². The van der Waals surface area contributed by atoms with Crippen LogP contribution in [-0.4, -0.2) is 51.1 Å². The molecule has 0 aliphatic carbocycles. The summed E-state index contributed by atoms with van der Waals surface area (Å²) in [6.45, 7) is 4.57. The van der Waals surface area contributed by atoms with Crippen molar-refractivity contribution in [3.8, 4) is 0 Å². The van der Waals surface area contributed by atoms with E-state index >= 15 is 0 Å². The van der Waals surface area contributed by atoms with Crippen LogP contribution in [0.3, 0.4) is 0 Å². The highest BCUT2D eigenvalue weighted by molar-refractivity contribution is 6.15. The number of hydrogen-bond acceptors (Lipinski definition) is 2. The molecule has 0 fully saturated rings. The Morgan fingerprint density at radius 1 is 1.46 bits per heavy atom. The third-order valence-corrected chi connectivity index (χ3v) is 1.17. The first-order chi connectivity index (χ1) is 5.95. The number of rotatable bonds is 4. The molecule has 0 aromatic carbocycles. The fourth-order valence-electron chi connectivity index (χ4n) is 0.479. The molecule has 0 aliphatic rings. The summed E-state index contributed by atoms with van der Waals surface area (Å²) < 4.78 is 5.59. The number of quaternary nitrogens is 1. The molecule has 3 nitrogen and oxygen atoms in total. The van der Waals surface area contributed by atoms with Crippen LogP contribution in [0.2, 0.25) is 0 Å². The molecule has 13 heavy (non-hydrogen) atoms. The lowest BCUT2D eigenvalue weighted by molar-refractivity contribution is -0.870. The summed E-state index contributed by atoms with van der Waals surface area (Å²) in [6, 6.07) is 0. The maximum atomic E-state index is 10.6. The van der Waals surface area contributed by atoms with Crippen LogP contribution in [0.4, 0.5) is 0 Å². The third-order valence-electron chi connectivity index (χ3n) is 1.17. The maximum Gasteiger partial charge on any atom is 0.330 e. The summed E-state index contributed by atoms with van der Waals surface area (Å²) >= 11 is 4.64. The van der Waals surface area contributed by atoms with Gasteiger partial charge >= 0.3 is 5.97 Å². The summed E-state index contributed by atoms with van der Waals surface area (Å²) in [6.07, 6.45) is 2.65. The average molecular weight is 209 g/mol. The Labute approximate surface area is 85.5 Å². The molecule has 0 aromatic heterocycles. The highest BCUT2D eigenvalue weighted by atomic mass is 35.5. The Balaban J connectivity index is 0. The van der Waals surface area contributed by atoms with Crippen LogP contribution >= 0.6 is 11.6 Å². The predicted octanol–water partition coefficient (Wildman–Crippen LogP) is 1.28. The summed E-state index contributed by atoms with van der Waals surface area (Å²) in [5.41, 5.74) is 0. The largest absolute Gasteiger partial charge is 0.457 e. The number of likely N-dealkylation sites (N-methyl/N-ethyl adjacent to an activating group) is 1. The molecule has 0 saturated carbocycles. The second kappa shape index (κ2) is 8.08. The molecule has 0 saturated heterocycles. The standard InChI is InChI=1S/C8H16NO2.CH3Cl/c1-5-8(10)11-7-6-9(2,3)4;1-2/h5H,1,6-7H2,2-4H3;1H3/q+1;. The van der Waals surface area contributed by atoms with E-state index in [1.165, 1.54) is 12.5 Å². The summed E-state index contributed by atoms with van der Waals surface area (Å²) in [4.78, 5) is 10.6. The number of nitrogens with zero attached hydrogens (tertiary/aromatic N) is 1. The van der Waals surface area contributed by atoms with Gasteiger partial charge in [-0.15, -0.1) is 11.6 Å². The quantitative estimate of drug-likeness (QED) is 0.301. The van der Waals surface area contributed by atoms with E-state index < -0.39 is 0 Å². The van der Waals surface area contributed by atoms with Crippen LogP contribution in [0.5, 0.6) is 0 Å². The fraction of sp³-hybridized carbons (Fsp3) is 0.667. The predicted molar refractivity (Wildman–Crippen MR) is 55.8 cm³/mol. The van der Waals surface area contributed by atoms with Gasteiger partial charge in [0.2, 0.25) is 0 Å². The van der Waals surface area contributed by atoms with Gasteiger partial charge in [-0.1, -0.05) is 6.58 Å². The van der Waals surface area contributed by atoms with Crippen LogP contribution in [0.1, 0.15) is 0 Å². The van der Waals surface area contributed by atoms with Crippen molar-refractivity contribution in [3.63, 3.8) is 0 Å². The first-order valence-corrected chi connectivity index (χ1v) is 4.69. The highest BCUT2D eigenvalue weighted by Crippen LogP contribution is 1.89. The number of esters is 1. The lowest BCUT2D eigenvalue weighted by Gasteiger charge is -2.23. The molecule has 0 atom stereocenters. The lowest BCUT2D eigenvalue weighted by Crippen LogP contribution is -2.37. The van der Waals surface area contributed by atoms with Crippen molar-refractivity contribution in [1.29, 1.82) is 0 Å². The van der Waals surface area contributed by atoms with Gasteiger partial charge in [0.1, 0.15) is 13.2 Å². The second-order valence-corrected chi connectivity index (χ2v) is 3.39. The highest BCUT2D eigenvalue weighted by Gasteiger charge is 2.06. The van der Waals surface area contributed by atoms with Crippen molar-refractivity contribution in [1.82, 2.24) is 0 Å². The molecule has 0 amide bonds. The first kappa shape index (κ1) is 15.0. The van der Waals surface area contributed by atoms with E-state index in [1.54, 1.807) is 0 Å². The van der Waals surface area contributed by atoms with Gasteiger partial charge in [-0.05, 0) is 0 Å². The van der Waals surface area contributed by atoms with E-state index in [1.807, 2.05) is 21.1 Å². The van der Waals surface area contributed by atoms with Gasteiger partial charge in [-0.3, -0.25) is 0 Å². The lowest BCUT2D eigenvalue weighted by atomic mass is 10.5. The minimum absolute atomic E-state index is 0.349. The van der Waals surface area contributed by atoms with Crippen molar-refractivity contribution in [2.75, 3.05) is 40.7 Å². The number of carbonyl (C=O) groups is 1. The summed E-state index contributed by atoms with van der Waals surface area (Å²) in [5.74, 6) is -0.349. The van der Waals surface area contributed by atoms with Crippen LogP contribution in [0.25, 0.3) is 0 Å². The molecule has 0 aliphatic heterocycles. The second-order valence-electron chi connectivity index (χ2n) is 3.39. The minimum Gasteiger partial charge on any atom is -0.457 e. The van der Waals surface area contributed by atoms with Gasteiger partial charge in [0.15, 0.2) is 0 Å². The molecule has 0 rings (SSSR count). The van der Waals surface area contributed by atoms with Crippen LogP contribution in [0.15, 0.2) is 12.7 Å². The number of halogens is 1. The topological polar surface area (TPSA) is 26.3 Å². The first-order valence-electron chi connectivity index (χ1n) is 3.93. The molecule has 0 unspecified atom stereocenters. The smallest absolute Gasteiger partial charge is 0.330 e. The van der Waals surface area contributed by atoms with Crippen molar-refractivity contribution in [3.05, 3.63) is 12.7 Å². The van der Waals surface area contributed by atoms with E-state index in [0.717, 1.165) is 11.0 Å². The SMILES string of the molecule is C=CC(=O)OCC[N+](C)(C)C.CCl. The number of hydrogen-bond donors (Lipinski definition) is 0. The summed E-state index contributed by atoms with van der Waals surface area (Å²) in [7, 11) is 6.13. The van der Waals surface area contributed by atoms with Crippen molar-refractivity contribution < 1.29 is 14.0 Å². The Kier molecular flexibility index (Phi) is 9.29. The average Bonchev–Trinajstić information content (AvgIpc) is 2.05. The zero-order valence-corrected chi connectivity index (χ0v) is 9.60. The molecule has 0 radical (unpaired) electrons. The van der Waals surface area contributed by atoms with Gasteiger partial charge in [0, 0.05) is 12.5 Å². The van der Waals surface area contributed by atoms with Crippen molar-refractivity contribution >= 4 is 17.6 Å². The van der Waals surface area contributed by atoms with Crippen LogP contribution in [0, 0.1) is 0 Å². The molecule has 0 N–H and O–H groups in total. The van der Waals surface area contributed by atoms with Crippen LogP contribution < -0.4 is 0 Å². The molecular formula is C9H19ClNO2+. The van der Waals surface area contributed by atoms with E-state index in [4.69, 9.17) is 4.74 Å². The van der Waals surface area contributed by atoms with Crippen molar-refractivity contribution in [2.24, 2.45) is 0 Å². The molecular weight excluding hydrogens is 190 g/mol. The monoisotopic (exact) mass is 208 g/mol. The molecule has 0 bridgehead atoms. The van der Waals surface area contributed by atoms with Gasteiger partial charge in [0.25, 0.3) is 0 Å². The number of ether oxygens (including phenoxy) is 1.